The molecule has 0 fully saturated rings. The molecule has 0 spiro atoms. The third-order valence-corrected chi connectivity index (χ3v) is 6.29. The van der Waals surface area contributed by atoms with Crippen LogP contribution < -0.4 is 5.32 Å². The number of fused-ring (bicyclic) bond motifs is 2. The van der Waals surface area contributed by atoms with Crippen LogP contribution in [0.15, 0.2) is 42.3 Å². The second-order valence-electron chi connectivity index (χ2n) is 9.98. The largest absolute Gasteiger partial charge is 0.446 e. The SMILES string of the molecule is C/C=C(/C=C\C=C(/C)c1nnc2n1CCC2)NC(=O)c1cc2c(cn1)CCN(C(=O)OCC(C)(C)O)C2. The van der Waals surface area contributed by atoms with Gasteiger partial charge in [-0.3, -0.25) is 9.78 Å². The van der Waals surface area contributed by atoms with Crippen LogP contribution in [0.5, 0.6) is 0 Å². The lowest BCUT2D eigenvalue weighted by Crippen LogP contribution is -2.39. The number of hydrogen-bond acceptors (Lipinski definition) is 7. The molecule has 4 heterocycles. The van der Waals surface area contributed by atoms with Gasteiger partial charge in [0.2, 0.25) is 0 Å². The fourth-order valence-corrected chi connectivity index (χ4v) is 4.27. The molecule has 0 saturated carbocycles. The Bertz CT molecular complexity index is 1270. The molecule has 10 nitrogen and oxygen atoms in total. The van der Waals surface area contributed by atoms with Crippen molar-refractivity contribution < 1.29 is 19.4 Å². The number of allylic oxidation sites excluding steroid dienone is 5. The molecule has 10 heteroatoms. The molecule has 2 aromatic rings. The highest BCUT2D eigenvalue weighted by molar-refractivity contribution is 5.94. The molecule has 0 unspecified atom stereocenters. The Hall–Kier alpha value is -3.79. The zero-order chi connectivity index (χ0) is 26.6. The number of pyridine rings is 1. The van der Waals surface area contributed by atoms with Crippen molar-refractivity contribution in [1.29, 1.82) is 0 Å². The van der Waals surface area contributed by atoms with Crippen LogP contribution in [0.25, 0.3) is 5.57 Å². The van der Waals surface area contributed by atoms with Gasteiger partial charge in [0.05, 0.1) is 5.60 Å². The predicted molar refractivity (Wildman–Crippen MR) is 138 cm³/mol. The molecular formula is C27H34N6O4. The number of amides is 2. The van der Waals surface area contributed by atoms with Gasteiger partial charge in [0, 0.05) is 37.9 Å². The Labute approximate surface area is 216 Å². The van der Waals surface area contributed by atoms with E-state index in [1.165, 1.54) is 0 Å². The maximum Gasteiger partial charge on any atom is 0.410 e. The zero-order valence-corrected chi connectivity index (χ0v) is 21.8. The van der Waals surface area contributed by atoms with Crippen LogP contribution in [-0.2, 0) is 30.7 Å². The number of ether oxygens (including phenoxy) is 1. The molecule has 196 valence electrons. The van der Waals surface area contributed by atoms with Crippen LogP contribution in [-0.4, -0.2) is 60.5 Å². The highest BCUT2D eigenvalue weighted by atomic mass is 16.6. The van der Waals surface area contributed by atoms with E-state index in [0.717, 1.165) is 47.7 Å². The molecule has 2 aliphatic rings. The summed E-state index contributed by atoms with van der Waals surface area (Å²) < 4.78 is 7.37. The Morgan fingerprint density at radius 3 is 2.78 bits per heavy atom. The first-order valence-corrected chi connectivity index (χ1v) is 12.5. The number of carbonyl (C=O) groups is 2. The molecule has 4 rings (SSSR count). The molecular weight excluding hydrogens is 472 g/mol. The van der Waals surface area contributed by atoms with Crippen molar-refractivity contribution in [2.24, 2.45) is 0 Å². The first-order chi connectivity index (χ1) is 17.6. The van der Waals surface area contributed by atoms with Gasteiger partial charge in [-0.05, 0) is 69.4 Å². The Morgan fingerprint density at radius 1 is 1.22 bits per heavy atom. The standard InChI is InChI=1S/C27H34N6O4/c1-5-21(9-6-8-18(2)24-31-30-23-10-7-12-33(23)24)29-25(34)22-14-20-16-32(13-11-19(20)15-28-22)26(35)37-17-27(3,4)36/h5-6,8-9,14-15,36H,7,10-13,16-17H2,1-4H3,(H,29,34)/b9-6-,18-8+,21-5-. The maximum atomic E-state index is 12.9. The van der Waals surface area contributed by atoms with Crippen LogP contribution in [0.4, 0.5) is 4.79 Å². The second kappa shape index (κ2) is 11.1. The van der Waals surface area contributed by atoms with Gasteiger partial charge < -0.3 is 24.6 Å². The summed E-state index contributed by atoms with van der Waals surface area (Å²) in [6.07, 6.45) is 11.3. The summed E-state index contributed by atoms with van der Waals surface area (Å²) in [5, 5.41) is 21.2. The molecule has 2 aliphatic heterocycles. The Morgan fingerprint density at radius 2 is 2.03 bits per heavy atom. The van der Waals surface area contributed by atoms with Crippen LogP contribution >= 0.6 is 0 Å². The van der Waals surface area contributed by atoms with E-state index >= 15 is 0 Å². The monoisotopic (exact) mass is 506 g/mol. The van der Waals surface area contributed by atoms with E-state index in [9.17, 15) is 14.7 Å². The van der Waals surface area contributed by atoms with Crippen molar-refractivity contribution in [3.05, 3.63) is 70.7 Å². The molecule has 0 aliphatic carbocycles. The summed E-state index contributed by atoms with van der Waals surface area (Å²) >= 11 is 0. The minimum atomic E-state index is -1.09. The fourth-order valence-electron chi connectivity index (χ4n) is 4.27. The van der Waals surface area contributed by atoms with Gasteiger partial charge in [0.15, 0.2) is 5.82 Å². The second-order valence-corrected chi connectivity index (χ2v) is 9.98. The quantitative estimate of drug-likeness (QED) is 0.553. The first kappa shape index (κ1) is 26.3. The fraction of sp³-hybridized carbons (Fsp3) is 0.444. The zero-order valence-electron chi connectivity index (χ0n) is 21.8. The minimum absolute atomic E-state index is 0.0886. The molecule has 0 bridgehead atoms. The smallest absolute Gasteiger partial charge is 0.410 e. The Kier molecular flexibility index (Phi) is 7.87. The Balaban J connectivity index is 1.38. The van der Waals surface area contributed by atoms with E-state index in [1.54, 1.807) is 31.0 Å². The summed E-state index contributed by atoms with van der Waals surface area (Å²) in [6, 6.07) is 1.72. The van der Waals surface area contributed by atoms with Crippen molar-refractivity contribution in [1.82, 2.24) is 30.0 Å². The van der Waals surface area contributed by atoms with Crippen molar-refractivity contribution in [2.75, 3.05) is 13.2 Å². The lowest BCUT2D eigenvalue weighted by atomic mass is 10.0. The van der Waals surface area contributed by atoms with Gasteiger partial charge in [-0.25, -0.2) is 4.79 Å². The van der Waals surface area contributed by atoms with Gasteiger partial charge in [-0.15, -0.1) is 10.2 Å². The van der Waals surface area contributed by atoms with E-state index in [4.69, 9.17) is 4.74 Å². The summed E-state index contributed by atoms with van der Waals surface area (Å²) in [7, 11) is 0. The van der Waals surface area contributed by atoms with Gasteiger partial charge in [0.25, 0.3) is 5.91 Å². The number of nitrogens with one attached hydrogen (secondary N) is 1. The van der Waals surface area contributed by atoms with Crippen LogP contribution in [0.1, 0.15) is 67.4 Å². The number of aromatic nitrogens is 4. The average molecular weight is 507 g/mol. The van der Waals surface area contributed by atoms with E-state index < -0.39 is 11.7 Å². The average Bonchev–Trinajstić information content (AvgIpc) is 3.49. The summed E-state index contributed by atoms with van der Waals surface area (Å²) in [5.41, 5.74) is 2.66. The van der Waals surface area contributed by atoms with E-state index in [2.05, 4.69) is 25.1 Å². The number of carbonyl (C=O) groups excluding carboxylic acids is 2. The topological polar surface area (TPSA) is 122 Å². The minimum Gasteiger partial charge on any atom is -0.446 e. The van der Waals surface area contributed by atoms with E-state index in [1.807, 2.05) is 38.2 Å². The van der Waals surface area contributed by atoms with Gasteiger partial charge in [-0.1, -0.05) is 18.2 Å². The van der Waals surface area contributed by atoms with E-state index in [-0.39, 0.29) is 18.2 Å². The summed E-state index contributed by atoms with van der Waals surface area (Å²) in [6.45, 7) is 8.66. The van der Waals surface area contributed by atoms with Gasteiger partial charge >= 0.3 is 6.09 Å². The highest BCUT2D eigenvalue weighted by Gasteiger charge is 2.25. The third kappa shape index (κ3) is 6.51. The molecule has 0 aromatic carbocycles. The predicted octanol–water partition coefficient (Wildman–Crippen LogP) is 3.18. The normalized spacial score (nSPS) is 16.1. The summed E-state index contributed by atoms with van der Waals surface area (Å²) in [4.78, 5) is 31.2. The number of rotatable bonds is 7. The third-order valence-electron chi connectivity index (χ3n) is 6.29. The number of aryl methyl sites for hydroxylation is 1. The van der Waals surface area contributed by atoms with Gasteiger partial charge in [0.1, 0.15) is 18.1 Å². The molecule has 2 amide bonds. The highest BCUT2D eigenvalue weighted by Crippen LogP contribution is 2.21. The van der Waals surface area contributed by atoms with Crippen LogP contribution in [0, 0.1) is 0 Å². The van der Waals surface area contributed by atoms with Gasteiger partial charge in [-0.2, -0.15) is 0 Å². The first-order valence-electron chi connectivity index (χ1n) is 12.5. The molecule has 0 saturated heterocycles. The van der Waals surface area contributed by atoms with Crippen molar-refractivity contribution in [3.8, 4) is 0 Å². The van der Waals surface area contributed by atoms with Crippen LogP contribution in [0.2, 0.25) is 0 Å². The van der Waals surface area contributed by atoms with E-state index in [0.29, 0.717) is 25.2 Å². The van der Waals surface area contributed by atoms with Crippen molar-refractivity contribution in [3.63, 3.8) is 0 Å². The maximum absolute atomic E-state index is 12.9. The summed E-state index contributed by atoms with van der Waals surface area (Å²) in [5.74, 6) is 1.57. The molecule has 2 N–H and O–H groups in total. The lowest BCUT2D eigenvalue weighted by Gasteiger charge is -2.29. The number of hydrogen-bond donors (Lipinski definition) is 2. The molecule has 0 atom stereocenters. The van der Waals surface area contributed by atoms with Crippen LogP contribution in [0.3, 0.4) is 0 Å². The molecule has 2 aromatic heterocycles. The van der Waals surface area contributed by atoms with Crippen molar-refractivity contribution >= 4 is 17.6 Å². The number of aliphatic hydroxyl groups is 1. The molecule has 0 radical (unpaired) electrons. The number of nitrogens with zero attached hydrogens (tertiary/aromatic N) is 5. The lowest BCUT2D eigenvalue weighted by molar-refractivity contribution is -0.00487. The van der Waals surface area contributed by atoms with Crippen molar-refractivity contribution in [2.45, 2.75) is 65.6 Å². The molecule has 37 heavy (non-hydrogen) atoms.